The zero-order valence-electron chi connectivity index (χ0n) is 16.4. The van der Waals surface area contributed by atoms with Crippen molar-refractivity contribution in [2.75, 3.05) is 13.1 Å². The lowest BCUT2D eigenvalue weighted by atomic mass is 10.1. The largest absolute Gasteiger partial charge is 0.348 e. The topological polar surface area (TPSA) is 58.1 Å². The molecule has 0 saturated carbocycles. The van der Waals surface area contributed by atoms with Crippen LogP contribution in [-0.4, -0.2) is 33.9 Å². The number of aromatic nitrogens is 2. The zero-order chi connectivity index (χ0) is 19.8. The Balaban J connectivity index is 1.59. The van der Waals surface area contributed by atoms with Crippen molar-refractivity contribution >= 4 is 5.91 Å². The number of nitrogens with one attached hydrogen (secondary N) is 1. The van der Waals surface area contributed by atoms with Gasteiger partial charge in [-0.3, -0.25) is 9.69 Å². The van der Waals surface area contributed by atoms with Crippen LogP contribution in [0.5, 0.6) is 0 Å². The van der Waals surface area contributed by atoms with E-state index in [4.69, 9.17) is 0 Å². The minimum atomic E-state index is -0.172. The first-order chi connectivity index (χ1) is 13.7. The molecular weight excluding hydrogens is 348 g/mol. The molecule has 0 atom stereocenters. The molecule has 1 N–H and O–H groups in total. The van der Waals surface area contributed by atoms with E-state index in [1.807, 2.05) is 42.5 Å². The highest BCUT2D eigenvalue weighted by Gasteiger charge is 2.08. The number of carbonyl (C=O) groups excluding carboxylic acids is 1. The average molecular weight is 374 g/mol. The van der Waals surface area contributed by atoms with E-state index in [1.54, 1.807) is 12.4 Å². The summed E-state index contributed by atoms with van der Waals surface area (Å²) in [5, 5.41) is 2.95. The number of amides is 1. The fourth-order valence-electron chi connectivity index (χ4n) is 3.01. The highest BCUT2D eigenvalue weighted by molar-refractivity contribution is 5.93. The van der Waals surface area contributed by atoms with Crippen LogP contribution >= 0.6 is 0 Å². The van der Waals surface area contributed by atoms with Gasteiger partial charge in [0, 0.05) is 31.0 Å². The molecule has 0 fully saturated rings. The lowest BCUT2D eigenvalue weighted by Crippen LogP contribution is -2.24. The molecule has 0 aliphatic heterocycles. The van der Waals surface area contributed by atoms with Gasteiger partial charge < -0.3 is 5.32 Å². The molecule has 1 amide bonds. The Labute approximate surface area is 166 Å². The smallest absolute Gasteiger partial charge is 0.254 e. The molecule has 0 spiro atoms. The molecule has 3 aromatic rings. The predicted molar refractivity (Wildman–Crippen MR) is 112 cm³/mol. The second-order valence-electron chi connectivity index (χ2n) is 6.63. The predicted octanol–water partition coefficient (Wildman–Crippen LogP) is 3.92. The first kappa shape index (κ1) is 19.7. The van der Waals surface area contributed by atoms with Crippen molar-refractivity contribution in [1.29, 1.82) is 0 Å². The summed E-state index contributed by atoms with van der Waals surface area (Å²) >= 11 is 0. The molecule has 0 radical (unpaired) electrons. The van der Waals surface area contributed by atoms with Crippen LogP contribution in [0.1, 0.15) is 35.3 Å². The number of hydrogen-bond acceptors (Lipinski definition) is 4. The normalized spacial score (nSPS) is 10.8. The summed E-state index contributed by atoms with van der Waals surface area (Å²) in [5.74, 6) is 0.440. The van der Waals surface area contributed by atoms with Gasteiger partial charge in [0.1, 0.15) is 0 Å². The fraction of sp³-hybridized carbons (Fsp3) is 0.261. The monoisotopic (exact) mass is 374 g/mol. The van der Waals surface area contributed by atoms with Crippen LogP contribution in [-0.2, 0) is 13.1 Å². The van der Waals surface area contributed by atoms with Crippen LogP contribution in [0.25, 0.3) is 11.4 Å². The Bertz CT molecular complexity index is 890. The van der Waals surface area contributed by atoms with Gasteiger partial charge in [0.15, 0.2) is 5.82 Å². The van der Waals surface area contributed by atoms with E-state index in [0.29, 0.717) is 17.9 Å². The summed E-state index contributed by atoms with van der Waals surface area (Å²) < 4.78 is 0. The van der Waals surface area contributed by atoms with Gasteiger partial charge in [-0.2, -0.15) is 0 Å². The van der Waals surface area contributed by atoms with E-state index in [1.165, 1.54) is 5.56 Å². The van der Waals surface area contributed by atoms with Crippen LogP contribution in [0.2, 0.25) is 0 Å². The van der Waals surface area contributed by atoms with E-state index in [9.17, 15) is 4.79 Å². The molecule has 0 unspecified atom stereocenters. The summed E-state index contributed by atoms with van der Waals surface area (Å²) in [6.07, 6.45) is 3.14. The summed E-state index contributed by atoms with van der Waals surface area (Å²) in [6.45, 7) is 7.78. The van der Waals surface area contributed by atoms with E-state index >= 15 is 0 Å². The molecule has 3 rings (SSSR count). The highest BCUT2D eigenvalue weighted by atomic mass is 16.1. The van der Waals surface area contributed by atoms with Crippen molar-refractivity contribution in [3.05, 3.63) is 83.7 Å². The molecule has 1 aromatic heterocycles. The minimum absolute atomic E-state index is 0.172. The van der Waals surface area contributed by atoms with Crippen molar-refractivity contribution in [2.45, 2.75) is 26.9 Å². The van der Waals surface area contributed by atoms with Gasteiger partial charge in [0.2, 0.25) is 0 Å². The Morgan fingerprint density at radius 1 is 0.929 bits per heavy atom. The number of hydrogen-bond donors (Lipinski definition) is 1. The Morgan fingerprint density at radius 3 is 2.29 bits per heavy atom. The molecule has 144 valence electrons. The molecule has 2 aromatic carbocycles. The Morgan fingerprint density at radius 2 is 1.61 bits per heavy atom. The number of benzene rings is 2. The van der Waals surface area contributed by atoms with Crippen molar-refractivity contribution in [2.24, 2.45) is 0 Å². The summed E-state index contributed by atoms with van der Waals surface area (Å²) in [4.78, 5) is 23.4. The van der Waals surface area contributed by atoms with Crippen LogP contribution in [0.4, 0.5) is 0 Å². The first-order valence-electron chi connectivity index (χ1n) is 9.65. The van der Waals surface area contributed by atoms with Crippen LogP contribution < -0.4 is 5.32 Å². The second kappa shape index (κ2) is 9.76. The zero-order valence-corrected chi connectivity index (χ0v) is 16.4. The van der Waals surface area contributed by atoms with Gasteiger partial charge in [0.05, 0.1) is 5.56 Å². The standard InChI is InChI=1S/C23H26N4O/c1-3-27(4-2)17-19-10-8-9-18(13-19)14-26-23(28)21-15-24-22(25-16-21)20-11-6-5-7-12-20/h5-13,15-16H,3-4,14,17H2,1-2H3,(H,26,28). The molecule has 0 aliphatic rings. The number of nitrogens with zero attached hydrogens (tertiary/aromatic N) is 3. The first-order valence-corrected chi connectivity index (χ1v) is 9.65. The maximum atomic E-state index is 12.4. The van der Waals surface area contributed by atoms with Gasteiger partial charge in [-0.05, 0) is 24.2 Å². The summed E-state index contributed by atoms with van der Waals surface area (Å²) in [7, 11) is 0. The fourth-order valence-corrected chi connectivity index (χ4v) is 3.01. The quantitative estimate of drug-likeness (QED) is 0.649. The molecule has 1 heterocycles. The molecule has 0 bridgehead atoms. The van der Waals surface area contributed by atoms with E-state index in [2.05, 4.69) is 46.2 Å². The molecule has 0 aliphatic carbocycles. The third-order valence-corrected chi connectivity index (χ3v) is 4.69. The maximum Gasteiger partial charge on any atom is 0.254 e. The van der Waals surface area contributed by atoms with E-state index in [0.717, 1.165) is 30.8 Å². The Kier molecular flexibility index (Phi) is 6.87. The summed E-state index contributed by atoms with van der Waals surface area (Å²) in [5.41, 5.74) is 3.73. The van der Waals surface area contributed by atoms with Crippen molar-refractivity contribution in [3.63, 3.8) is 0 Å². The molecule has 5 heteroatoms. The van der Waals surface area contributed by atoms with Crippen LogP contribution in [0.3, 0.4) is 0 Å². The molecular formula is C23H26N4O. The van der Waals surface area contributed by atoms with Gasteiger partial charge >= 0.3 is 0 Å². The van der Waals surface area contributed by atoms with Crippen LogP contribution in [0, 0.1) is 0 Å². The van der Waals surface area contributed by atoms with E-state index < -0.39 is 0 Å². The van der Waals surface area contributed by atoms with Gasteiger partial charge in [-0.25, -0.2) is 9.97 Å². The third-order valence-electron chi connectivity index (χ3n) is 4.69. The average Bonchev–Trinajstić information content (AvgIpc) is 2.77. The van der Waals surface area contributed by atoms with Gasteiger partial charge in [0.25, 0.3) is 5.91 Å². The van der Waals surface area contributed by atoms with Gasteiger partial charge in [-0.1, -0.05) is 68.4 Å². The highest BCUT2D eigenvalue weighted by Crippen LogP contribution is 2.13. The lowest BCUT2D eigenvalue weighted by Gasteiger charge is -2.18. The maximum absolute atomic E-state index is 12.4. The third kappa shape index (κ3) is 5.24. The SMILES string of the molecule is CCN(CC)Cc1cccc(CNC(=O)c2cnc(-c3ccccc3)nc2)c1. The van der Waals surface area contributed by atoms with Crippen molar-refractivity contribution in [3.8, 4) is 11.4 Å². The van der Waals surface area contributed by atoms with Crippen molar-refractivity contribution in [1.82, 2.24) is 20.2 Å². The molecule has 28 heavy (non-hydrogen) atoms. The van der Waals surface area contributed by atoms with Gasteiger partial charge in [-0.15, -0.1) is 0 Å². The number of carbonyl (C=O) groups is 1. The summed E-state index contributed by atoms with van der Waals surface area (Å²) in [6, 6.07) is 18.1. The van der Waals surface area contributed by atoms with Crippen LogP contribution in [0.15, 0.2) is 67.0 Å². The van der Waals surface area contributed by atoms with E-state index in [-0.39, 0.29) is 5.91 Å². The molecule has 5 nitrogen and oxygen atoms in total. The second-order valence-corrected chi connectivity index (χ2v) is 6.63. The number of rotatable bonds is 8. The van der Waals surface area contributed by atoms with Crippen molar-refractivity contribution < 1.29 is 4.79 Å². The lowest BCUT2D eigenvalue weighted by molar-refractivity contribution is 0.0950. The Hall–Kier alpha value is -3.05. The molecule has 0 saturated heterocycles. The minimum Gasteiger partial charge on any atom is -0.348 e.